The van der Waals surface area contributed by atoms with Gasteiger partial charge in [0.2, 0.25) is 0 Å². The van der Waals surface area contributed by atoms with Crippen molar-refractivity contribution < 1.29 is 9.90 Å². The summed E-state index contributed by atoms with van der Waals surface area (Å²) in [5.74, 6) is -0.698. The monoisotopic (exact) mass is 311 g/mol. The molecule has 1 N–H and O–H groups in total. The smallest absolute Gasteiger partial charge is 0.303 e. The Balaban J connectivity index is 3.43. The Bertz CT molecular complexity index is 303. The van der Waals surface area contributed by atoms with Gasteiger partial charge in [-0.25, -0.2) is 0 Å². The minimum absolute atomic E-state index is 0.0517. The molecule has 0 amide bonds. The van der Waals surface area contributed by atoms with Gasteiger partial charge in [-0.1, -0.05) is 69.2 Å². The molecule has 0 aromatic heterocycles. The lowest BCUT2D eigenvalue weighted by atomic mass is 10.0. The lowest BCUT2D eigenvalue weighted by Gasteiger charge is -2.05. The first-order valence-electron chi connectivity index (χ1n) is 8.90. The Kier molecular flexibility index (Phi) is 15.3. The molecule has 1 unspecified atom stereocenters. The minimum atomic E-state index is -0.698. The van der Waals surface area contributed by atoms with Gasteiger partial charge in [-0.05, 0) is 32.1 Å². The van der Waals surface area contributed by atoms with Crippen molar-refractivity contribution in [2.24, 2.45) is 5.18 Å². The number of allylic oxidation sites excluding steroid dienone is 1. The van der Waals surface area contributed by atoms with Crippen LogP contribution in [0.1, 0.15) is 90.4 Å². The summed E-state index contributed by atoms with van der Waals surface area (Å²) in [7, 11) is 0. The minimum Gasteiger partial charge on any atom is -0.481 e. The van der Waals surface area contributed by atoms with Crippen LogP contribution in [0.3, 0.4) is 0 Å². The van der Waals surface area contributed by atoms with E-state index in [0.29, 0.717) is 0 Å². The molecule has 0 spiro atoms. The third-order valence-corrected chi connectivity index (χ3v) is 3.88. The molecule has 128 valence electrons. The van der Waals surface area contributed by atoms with Crippen LogP contribution in [0.25, 0.3) is 0 Å². The average Bonchev–Trinajstić information content (AvgIpc) is 2.50. The van der Waals surface area contributed by atoms with Crippen molar-refractivity contribution in [3.63, 3.8) is 0 Å². The van der Waals surface area contributed by atoms with E-state index in [1.807, 2.05) is 0 Å². The van der Waals surface area contributed by atoms with Crippen LogP contribution in [0.5, 0.6) is 0 Å². The number of hydrogen-bond acceptors (Lipinski definition) is 3. The number of carbonyl (C=O) groups is 1. The summed E-state index contributed by atoms with van der Waals surface area (Å²) in [5.41, 5.74) is 0. The molecule has 0 fully saturated rings. The topological polar surface area (TPSA) is 66.7 Å². The fraction of sp³-hybridized carbons (Fsp3) is 0.833. The fourth-order valence-corrected chi connectivity index (χ4v) is 2.46. The van der Waals surface area contributed by atoms with Gasteiger partial charge in [-0.15, -0.1) is 0 Å². The second kappa shape index (κ2) is 16.2. The third kappa shape index (κ3) is 15.2. The Morgan fingerprint density at radius 1 is 1.00 bits per heavy atom. The number of carboxylic acids is 1. The van der Waals surface area contributed by atoms with Crippen molar-refractivity contribution >= 4 is 5.97 Å². The number of unbranched alkanes of at least 4 members (excludes halogenated alkanes) is 8. The number of nitroso groups, excluding NO2 is 1. The lowest BCUT2D eigenvalue weighted by molar-refractivity contribution is -0.137. The Hall–Kier alpha value is -1.19. The van der Waals surface area contributed by atoms with E-state index in [4.69, 9.17) is 5.11 Å². The molecule has 0 saturated carbocycles. The van der Waals surface area contributed by atoms with Crippen molar-refractivity contribution in [2.75, 3.05) is 0 Å². The molecule has 0 aromatic carbocycles. The summed E-state index contributed by atoms with van der Waals surface area (Å²) in [4.78, 5) is 21.1. The Labute approximate surface area is 135 Å². The molecule has 0 heterocycles. The van der Waals surface area contributed by atoms with Crippen molar-refractivity contribution in [3.8, 4) is 0 Å². The number of hydrogen-bond donors (Lipinski definition) is 1. The molecule has 4 nitrogen and oxygen atoms in total. The van der Waals surface area contributed by atoms with E-state index < -0.39 is 5.97 Å². The fourth-order valence-electron chi connectivity index (χ4n) is 2.46. The van der Waals surface area contributed by atoms with Gasteiger partial charge in [-0.2, -0.15) is 4.91 Å². The first kappa shape index (κ1) is 20.8. The maximum atomic E-state index is 10.8. The van der Waals surface area contributed by atoms with Gasteiger partial charge in [0.25, 0.3) is 0 Å². The SMILES string of the molecule is CCCCCCC(C/C=C\CCCCCCCC(=O)O)N=O. The van der Waals surface area contributed by atoms with Crippen molar-refractivity contribution in [1.29, 1.82) is 0 Å². The van der Waals surface area contributed by atoms with E-state index in [1.54, 1.807) is 0 Å². The molecular weight excluding hydrogens is 278 g/mol. The zero-order chi connectivity index (χ0) is 16.5. The van der Waals surface area contributed by atoms with Crippen molar-refractivity contribution in [2.45, 2.75) is 96.4 Å². The summed E-state index contributed by atoms with van der Waals surface area (Å²) < 4.78 is 0. The predicted molar refractivity (Wildman–Crippen MR) is 92.1 cm³/mol. The molecule has 0 aliphatic rings. The maximum Gasteiger partial charge on any atom is 0.303 e. The van der Waals surface area contributed by atoms with Crippen LogP contribution >= 0.6 is 0 Å². The van der Waals surface area contributed by atoms with Gasteiger partial charge < -0.3 is 5.11 Å². The van der Waals surface area contributed by atoms with Gasteiger partial charge in [0.1, 0.15) is 0 Å². The first-order valence-corrected chi connectivity index (χ1v) is 8.90. The van der Waals surface area contributed by atoms with Crippen molar-refractivity contribution in [1.82, 2.24) is 0 Å². The molecule has 0 aromatic rings. The van der Waals surface area contributed by atoms with Crippen LogP contribution in [-0.4, -0.2) is 17.1 Å². The molecule has 4 heteroatoms. The quantitative estimate of drug-likeness (QED) is 0.221. The van der Waals surface area contributed by atoms with Gasteiger partial charge in [0, 0.05) is 6.42 Å². The van der Waals surface area contributed by atoms with Crippen LogP contribution in [0.2, 0.25) is 0 Å². The Morgan fingerprint density at radius 2 is 1.68 bits per heavy atom. The summed E-state index contributed by atoms with van der Waals surface area (Å²) >= 11 is 0. The summed E-state index contributed by atoms with van der Waals surface area (Å²) in [5, 5.41) is 11.7. The highest BCUT2D eigenvalue weighted by molar-refractivity contribution is 5.66. The summed E-state index contributed by atoms with van der Waals surface area (Å²) in [6, 6.07) is -0.0517. The molecular formula is C18H33NO3. The normalized spacial score (nSPS) is 12.6. The lowest BCUT2D eigenvalue weighted by Crippen LogP contribution is -2.01. The van der Waals surface area contributed by atoms with Crippen LogP contribution in [0, 0.1) is 4.91 Å². The molecule has 1 atom stereocenters. The van der Waals surface area contributed by atoms with Crippen LogP contribution in [-0.2, 0) is 4.79 Å². The van der Waals surface area contributed by atoms with Gasteiger partial charge in [0.15, 0.2) is 0 Å². The first-order chi connectivity index (χ1) is 10.7. The van der Waals surface area contributed by atoms with E-state index in [1.165, 1.54) is 19.3 Å². The second-order valence-electron chi connectivity index (χ2n) is 6.02. The average molecular weight is 311 g/mol. The van der Waals surface area contributed by atoms with Crippen LogP contribution in [0.4, 0.5) is 0 Å². The molecule has 0 aliphatic heterocycles. The zero-order valence-corrected chi connectivity index (χ0v) is 14.1. The molecule has 0 saturated heterocycles. The zero-order valence-electron chi connectivity index (χ0n) is 14.1. The molecule has 0 rings (SSSR count). The summed E-state index contributed by atoms with van der Waals surface area (Å²) in [6.45, 7) is 2.18. The van der Waals surface area contributed by atoms with Gasteiger partial charge >= 0.3 is 5.97 Å². The highest BCUT2D eigenvalue weighted by atomic mass is 16.4. The summed E-state index contributed by atoms with van der Waals surface area (Å²) in [6.07, 6.45) is 17.2. The van der Waals surface area contributed by atoms with Crippen LogP contribution < -0.4 is 0 Å². The van der Waals surface area contributed by atoms with Crippen molar-refractivity contribution in [3.05, 3.63) is 17.1 Å². The van der Waals surface area contributed by atoms with E-state index >= 15 is 0 Å². The molecule has 0 radical (unpaired) electrons. The number of aliphatic carboxylic acids is 1. The number of rotatable bonds is 16. The molecule has 22 heavy (non-hydrogen) atoms. The van der Waals surface area contributed by atoms with E-state index in [0.717, 1.165) is 57.8 Å². The third-order valence-electron chi connectivity index (χ3n) is 3.88. The van der Waals surface area contributed by atoms with E-state index in [2.05, 4.69) is 24.3 Å². The molecule has 0 aliphatic carbocycles. The van der Waals surface area contributed by atoms with E-state index in [9.17, 15) is 9.70 Å². The standard InChI is InChI=1S/C18H33NO3/c1-2-3-4-11-14-17(19-22)15-12-9-7-5-6-8-10-13-16-18(20)21/h9,12,17H,2-8,10-11,13-16H2,1H3,(H,20,21)/b12-9-. The number of carboxylic acid groups (broad SMARTS) is 1. The largest absolute Gasteiger partial charge is 0.481 e. The molecule has 0 bridgehead atoms. The van der Waals surface area contributed by atoms with Gasteiger partial charge in [-0.3, -0.25) is 4.79 Å². The number of nitrogens with zero attached hydrogens (tertiary/aromatic N) is 1. The maximum absolute atomic E-state index is 10.8. The predicted octanol–water partition coefficient (Wildman–Crippen LogP) is 5.85. The highest BCUT2D eigenvalue weighted by Crippen LogP contribution is 2.12. The van der Waals surface area contributed by atoms with Gasteiger partial charge in [0.05, 0.1) is 6.04 Å². The highest BCUT2D eigenvalue weighted by Gasteiger charge is 2.05. The van der Waals surface area contributed by atoms with E-state index in [-0.39, 0.29) is 12.5 Å². The van der Waals surface area contributed by atoms with Crippen LogP contribution in [0.15, 0.2) is 17.3 Å². The Morgan fingerprint density at radius 3 is 2.36 bits per heavy atom. The second-order valence-corrected chi connectivity index (χ2v) is 6.02.